The first kappa shape index (κ1) is 16.2. The molecule has 0 spiro atoms. The van der Waals surface area contributed by atoms with E-state index in [0.29, 0.717) is 43.3 Å². The second-order valence-electron chi connectivity index (χ2n) is 5.88. The Morgan fingerprint density at radius 2 is 1.88 bits per heavy atom. The molecule has 0 radical (unpaired) electrons. The minimum atomic E-state index is -0.203. The van der Waals surface area contributed by atoms with E-state index < -0.39 is 0 Å². The fourth-order valence-electron chi connectivity index (χ4n) is 2.93. The van der Waals surface area contributed by atoms with E-state index in [0.717, 1.165) is 5.56 Å². The largest absolute Gasteiger partial charge is 0.469 e. The van der Waals surface area contributed by atoms with Crippen LogP contribution >= 0.6 is 0 Å². The molecule has 2 aromatic rings. The van der Waals surface area contributed by atoms with Crippen LogP contribution < -0.4 is 0 Å². The molecule has 1 aliphatic heterocycles. The van der Waals surface area contributed by atoms with E-state index in [1.54, 1.807) is 11.8 Å². The van der Waals surface area contributed by atoms with Crippen molar-refractivity contribution in [3.8, 4) is 11.5 Å². The van der Waals surface area contributed by atoms with Crippen LogP contribution in [0.4, 0.5) is 0 Å². The number of rotatable bonds is 3. The van der Waals surface area contributed by atoms with Crippen molar-refractivity contribution in [2.24, 2.45) is 5.92 Å². The predicted molar refractivity (Wildman–Crippen MR) is 87.3 cm³/mol. The summed E-state index contributed by atoms with van der Waals surface area (Å²) in [5.41, 5.74) is 1.18. The Morgan fingerprint density at radius 1 is 1.21 bits per heavy atom. The summed E-state index contributed by atoms with van der Waals surface area (Å²) in [6.07, 6.45) is 1.22. The van der Waals surface area contributed by atoms with Gasteiger partial charge in [0.25, 0.3) is 5.91 Å². The highest BCUT2D eigenvalue weighted by molar-refractivity contribution is 5.94. The normalized spacial score (nSPS) is 15.3. The van der Waals surface area contributed by atoms with Crippen molar-refractivity contribution in [1.29, 1.82) is 0 Å². The fraction of sp³-hybridized carbons (Fsp3) is 0.389. The SMILES string of the molecule is COC(=O)C1CCN(C(=O)c2nc(-c3ccccc3)oc2C)CC1. The number of methoxy groups -OCH3 is 1. The van der Waals surface area contributed by atoms with Crippen LogP contribution in [0, 0.1) is 12.8 Å². The van der Waals surface area contributed by atoms with Gasteiger partial charge in [-0.25, -0.2) is 4.98 Å². The molecule has 1 aliphatic rings. The number of oxazole rings is 1. The fourth-order valence-corrected chi connectivity index (χ4v) is 2.93. The molecule has 0 bridgehead atoms. The van der Waals surface area contributed by atoms with Gasteiger partial charge in [0, 0.05) is 18.7 Å². The molecule has 6 nitrogen and oxygen atoms in total. The number of aromatic nitrogens is 1. The lowest BCUT2D eigenvalue weighted by Gasteiger charge is -2.30. The van der Waals surface area contributed by atoms with Gasteiger partial charge in [-0.2, -0.15) is 0 Å². The van der Waals surface area contributed by atoms with Crippen molar-refractivity contribution in [3.05, 3.63) is 41.8 Å². The van der Waals surface area contributed by atoms with Crippen LogP contribution in [0.3, 0.4) is 0 Å². The molecule has 0 saturated carbocycles. The third-order valence-electron chi connectivity index (χ3n) is 4.34. The van der Waals surface area contributed by atoms with Crippen LogP contribution in [0.5, 0.6) is 0 Å². The van der Waals surface area contributed by atoms with Gasteiger partial charge >= 0.3 is 5.97 Å². The number of esters is 1. The third-order valence-corrected chi connectivity index (χ3v) is 4.34. The Morgan fingerprint density at radius 3 is 2.50 bits per heavy atom. The minimum Gasteiger partial charge on any atom is -0.469 e. The summed E-state index contributed by atoms with van der Waals surface area (Å²) < 4.78 is 10.4. The molecule has 0 unspecified atom stereocenters. The van der Waals surface area contributed by atoms with Gasteiger partial charge in [0.2, 0.25) is 5.89 Å². The Kier molecular flexibility index (Phi) is 4.64. The lowest BCUT2D eigenvalue weighted by Crippen LogP contribution is -2.40. The van der Waals surface area contributed by atoms with Crippen LogP contribution in [-0.2, 0) is 9.53 Å². The Labute approximate surface area is 140 Å². The molecule has 0 aliphatic carbocycles. The van der Waals surface area contributed by atoms with Gasteiger partial charge in [0.05, 0.1) is 13.0 Å². The van der Waals surface area contributed by atoms with E-state index in [9.17, 15) is 9.59 Å². The van der Waals surface area contributed by atoms with Gasteiger partial charge in [-0.3, -0.25) is 9.59 Å². The van der Waals surface area contributed by atoms with Gasteiger partial charge in [-0.15, -0.1) is 0 Å². The molecule has 6 heteroatoms. The van der Waals surface area contributed by atoms with E-state index in [2.05, 4.69) is 4.98 Å². The van der Waals surface area contributed by atoms with Gasteiger partial charge < -0.3 is 14.1 Å². The molecular formula is C18H20N2O4. The molecule has 0 atom stereocenters. The highest BCUT2D eigenvalue weighted by Gasteiger charge is 2.30. The van der Waals surface area contributed by atoms with Crippen LogP contribution in [0.25, 0.3) is 11.5 Å². The van der Waals surface area contributed by atoms with E-state index in [1.165, 1.54) is 7.11 Å². The summed E-state index contributed by atoms with van der Waals surface area (Å²) in [5.74, 6) is 0.472. The number of nitrogens with zero attached hydrogens (tertiary/aromatic N) is 2. The molecule has 3 rings (SSSR count). The molecule has 1 amide bonds. The van der Waals surface area contributed by atoms with E-state index >= 15 is 0 Å². The zero-order valence-corrected chi connectivity index (χ0v) is 13.8. The average molecular weight is 328 g/mol. The van der Waals surface area contributed by atoms with Crippen molar-refractivity contribution >= 4 is 11.9 Å². The maximum Gasteiger partial charge on any atom is 0.308 e. The number of aryl methyl sites for hydroxylation is 1. The maximum atomic E-state index is 12.7. The number of carbonyl (C=O) groups is 2. The number of amides is 1. The quantitative estimate of drug-likeness (QED) is 0.810. The summed E-state index contributed by atoms with van der Waals surface area (Å²) in [5, 5.41) is 0. The minimum absolute atomic E-state index is 0.127. The Bertz CT molecular complexity index is 731. The molecule has 2 heterocycles. The Balaban J connectivity index is 1.72. The highest BCUT2D eigenvalue weighted by atomic mass is 16.5. The Hall–Kier alpha value is -2.63. The number of hydrogen-bond acceptors (Lipinski definition) is 5. The van der Waals surface area contributed by atoms with Crippen molar-refractivity contribution < 1.29 is 18.7 Å². The lowest BCUT2D eigenvalue weighted by molar-refractivity contribution is -0.146. The van der Waals surface area contributed by atoms with Crippen LogP contribution in [0.1, 0.15) is 29.1 Å². The molecule has 126 valence electrons. The molecule has 1 fully saturated rings. The number of carbonyl (C=O) groups excluding carboxylic acids is 2. The van der Waals surface area contributed by atoms with Crippen molar-refractivity contribution in [2.75, 3.05) is 20.2 Å². The molecule has 1 aromatic carbocycles. The molecule has 24 heavy (non-hydrogen) atoms. The summed E-state index contributed by atoms with van der Waals surface area (Å²) in [7, 11) is 1.39. The van der Waals surface area contributed by atoms with Gasteiger partial charge in [0.1, 0.15) is 5.76 Å². The summed E-state index contributed by atoms with van der Waals surface area (Å²) in [6.45, 7) is 2.78. The van der Waals surface area contributed by atoms with E-state index in [-0.39, 0.29) is 17.8 Å². The van der Waals surface area contributed by atoms with Gasteiger partial charge in [-0.1, -0.05) is 18.2 Å². The van der Waals surface area contributed by atoms with Crippen LogP contribution in [0.2, 0.25) is 0 Å². The predicted octanol–water partition coefficient (Wildman–Crippen LogP) is 2.68. The summed E-state index contributed by atoms with van der Waals surface area (Å²) in [4.78, 5) is 30.4. The molecule has 1 aromatic heterocycles. The molecule has 1 saturated heterocycles. The number of piperidine rings is 1. The number of likely N-dealkylation sites (tertiary alicyclic amines) is 1. The van der Waals surface area contributed by atoms with E-state index in [4.69, 9.17) is 9.15 Å². The molecule has 0 N–H and O–H groups in total. The highest BCUT2D eigenvalue weighted by Crippen LogP contribution is 2.24. The zero-order valence-electron chi connectivity index (χ0n) is 13.8. The second-order valence-corrected chi connectivity index (χ2v) is 5.88. The smallest absolute Gasteiger partial charge is 0.308 e. The first-order chi connectivity index (χ1) is 11.6. The monoisotopic (exact) mass is 328 g/mol. The number of ether oxygens (including phenoxy) is 1. The topological polar surface area (TPSA) is 72.6 Å². The number of benzene rings is 1. The van der Waals surface area contributed by atoms with Gasteiger partial charge in [0.15, 0.2) is 5.69 Å². The third kappa shape index (κ3) is 3.18. The van der Waals surface area contributed by atoms with Crippen molar-refractivity contribution in [2.45, 2.75) is 19.8 Å². The van der Waals surface area contributed by atoms with Crippen molar-refractivity contribution in [1.82, 2.24) is 9.88 Å². The average Bonchev–Trinajstić information content (AvgIpc) is 3.03. The van der Waals surface area contributed by atoms with E-state index in [1.807, 2.05) is 30.3 Å². The second kappa shape index (κ2) is 6.86. The standard InChI is InChI=1S/C18H20N2O4/c1-12-15(19-16(24-12)13-6-4-3-5-7-13)17(21)20-10-8-14(9-11-20)18(22)23-2/h3-7,14H,8-11H2,1-2H3. The summed E-state index contributed by atoms with van der Waals surface area (Å²) in [6, 6.07) is 9.49. The zero-order chi connectivity index (χ0) is 17.1. The van der Waals surface area contributed by atoms with Crippen LogP contribution in [0.15, 0.2) is 34.7 Å². The lowest BCUT2D eigenvalue weighted by atomic mass is 9.97. The van der Waals surface area contributed by atoms with Gasteiger partial charge in [-0.05, 0) is 31.9 Å². The summed E-state index contributed by atoms with van der Waals surface area (Å²) >= 11 is 0. The first-order valence-electron chi connectivity index (χ1n) is 8.00. The van der Waals surface area contributed by atoms with Crippen LogP contribution in [-0.4, -0.2) is 42.0 Å². The number of hydrogen-bond donors (Lipinski definition) is 0. The molecular weight excluding hydrogens is 308 g/mol. The van der Waals surface area contributed by atoms with Crippen molar-refractivity contribution in [3.63, 3.8) is 0 Å². The first-order valence-corrected chi connectivity index (χ1v) is 8.00. The maximum absolute atomic E-state index is 12.7.